The minimum Gasteiger partial charge on any atom is -0.496 e. The Hall–Kier alpha value is -1.16. The molecule has 1 aromatic rings. The van der Waals surface area contributed by atoms with Crippen LogP contribution in [0.5, 0.6) is 5.75 Å². The number of ether oxygens (including phenoxy) is 1. The fraction of sp³-hybridized carbons (Fsp3) is 0.571. The third-order valence-electron chi connectivity index (χ3n) is 4.19. The van der Waals surface area contributed by atoms with E-state index in [1.807, 2.05) is 6.92 Å². The van der Waals surface area contributed by atoms with Gasteiger partial charge in [0.2, 0.25) is 20.0 Å². The van der Waals surface area contributed by atoms with Gasteiger partial charge in [-0.25, -0.2) is 16.8 Å². The van der Waals surface area contributed by atoms with Crippen LogP contribution in [-0.4, -0.2) is 65.0 Å². The zero-order chi connectivity index (χ0) is 17.4. The SMILES string of the molecule is COc1ccc(S(=O)(=O)N2CCN(S(C)(=O)=O)CC2)c(C)c1C. The maximum absolute atomic E-state index is 12.8. The lowest BCUT2D eigenvalue weighted by molar-refractivity contribution is 0.274. The largest absolute Gasteiger partial charge is 0.496 e. The molecule has 1 fully saturated rings. The third kappa shape index (κ3) is 3.52. The summed E-state index contributed by atoms with van der Waals surface area (Å²) in [7, 11) is -5.40. The van der Waals surface area contributed by atoms with Crippen LogP contribution in [0.1, 0.15) is 11.1 Å². The molecular weight excluding hydrogens is 340 g/mol. The van der Waals surface area contributed by atoms with Crippen LogP contribution in [0.25, 0.3) is 0 Å². The molecule has 0 amide bonds. The first-order valence-corrected chi connectivity index (χ1v) is 10.5. The smallest absolute Gasteiger partial charge is 0.243 e. The van der Waals surface area contributed by atoms with Gasteiger partial charge in [0.1, 0.15) is 5.75 Å². The number of nitrogens with zero attached hydrogens (tertiary/aromatic N) is 2. The van der Waals surface area contributed by atoms with Crippen molar-refractivity contribution in [3.8, 4) is 5.75 Å². The van der Waals surface area contributed by atoms with Gasteiger partial charge >= 0.3 is 0 Å². The average Bonchev–Trinajstić information content (AvgIpc) is 2.49. The Kier molecular flexibility index (Phi) is 5.05. The van der Waals surface area contributed by atoms with E-state index in [0.717, 1.165) is 11.8 Å². The molecule has 1 heterocycles. The van der Waals surface area contributed by atoms with E-state index in [4.69, 9.17) is 4.74 Å². The van der Waals surface area contributed by atoms with Crippen molar-refractivity contribution >= 4 is 20.0 Å². The number of hydrogen-bond acceptors (Lipinski definition) is 5. The molecule has 0 unspecified atom stereocenters. The van der Waals surface area contributed by atoms with Crippen molar-refractivity contribution in [1.82, 2.24) is 8.61 Å². The van der Waals surface area contributed by atoms with E-state index in [2.05, 4.69) is 0 Å². The highest BCUT2D eigenvalue weighted by Gasteiger charge is 2.32. The Labute approximate surface area is 137 Å². The van der Waals surface area contributed by atoms with Gasteiger partial charge in [-0.15, -0.1) is 0 Å². The van der Waals surface area contributed by atoms with Gasteiger partial charge in [-0.3, -0.25) is 0 Å². The van der Waals surface area contributed by atoms with E-state index < -0.39 is 20.0 Å². The minimum absolute atomic E-state index is 0.153. The van der Waals surface area contributed by atoms with Crippen LogP contribution < -0.4 is 4.74 Å². The van der Waals surface area contributed by atoms with Crippen molar-refractivity contribution in [2.24, 2.45) is 0 Å². The number of sulfonamides is 2. The van der Waals surface area contributed by atoms with E-state index in [0.29, 0.717) is 11.3 Å². The Morgan fingerprint density at radius 1 is 0.913 bits per heavy atom. The zero-order valence-corrected chi connectivity index (χ0v) is 15.4. The fourth-order valence-corrected chi connectivity index (χ4v) is 5.18. The predicted octanol–water partition coefficient (Wildman–Crippen LogP) is 0.578. The van der Waals surface area contributed by atoms with Crippen LogP contribution in [0.15, 0.2) is 17.0 Å². The molecule has 0 spiro atoms. The molecule has 9 heteroatoms. The molecular formula is C14H22N2O5S2. The van der Waals surface area contributed by atoms with Gasteiger partial charge in [0.25, 0.3) is 0 Å². The van der Waals surface area contributed by atoms with E-state index in [1.165, 1.54) is 8.61 Å². The summed E-state index contributed by atoms with van der Waals surface area (Å²) in [5, 5.41) is 0. The highest BCUT2D eigenvalue weighted by Crippen LogP contribution is 2.29. The molecule has 0 saturated carbocycles. The van der Waals surface area contributed by atoms with Crippen molar-refractivity contribution < 1.29 is 21.6 Å². The van der Waals surface area contributed by atoms with E-state index in [9.17, 15) is 16.8 Å². The Bertz CT molecular complexity index is 795. The lowest BCUT2D eigenvalue weighted by Crippen LogP contribution is -2.50. The molecule has 1 aliphatic heterocycles. The number of hydrogen-bond donors (Lipinski definition) is 0. The first-order chi connectivity index (χ1) is 10.6. The first-order valence-electron chi connectivity index (χ1n) is 7.18. The molecule has 130 valence electrons. The van der Waals surface area contributed by atoms with Gasteiger partial charge in [0, 0.05) is 26.2 Å². The van der Waals surface area contributed by atoms with Crippen LogP contribution in [-0.2, 0) is 20.0 Å². The number of piperazine rings is 1. The van der Waals surface area contributed by atoms with Gasteiger partial charge < -0.3 is 4.74 Å². The first kappa shape index (κ1) is 18.2. The molecule has 1 saturated heterocycles. The van der Waals surface area contributed by atoms with E-state index in [1.54, 1.807) is 26.2 Å². The molecule has 0 aromatic heterocycles. The summed E-state index contributed by atoms with van der Waals surface area (Å²) in [6.07, 6.45) is 1.13. The molecule has 23 heavy (non-hydrogen) atoms. The summed E-state index contributed by atoms with van der Waals surface area (Å²) in [5.74, 6) is 0.642. The van der Waals surface area contributed by atoms with E-state index >= 15 is 0 Å². The van der Waals surface area contributed by atoms with Crippen molar-refractivity contribution in [2.75, 3.05) is 39.5 Å². The van der Waals surface area contributed by atoms with Crippen LogP contribution in [0, 0.1) is 13.8 Å². The second-order valence-corrected chi connectivity index (χ2v) is 9.47. The molecule has 0 aliphatic carbocycles. The van der Waals surface area contributed by atoms with Gasteiger partial charge in [-0.2, -0.15) is 8.61 Å². The molecule has 7 nitrogen and oxygen atoms in total. The highest BCUT2D eigenvalue weighted by atomic mass is 32.2. The number of methoxy groups -OCH3 is 1. The lowest BCUT2D eigenvalue weighted by atomic mass is 10.1. The van der Waals surface area contributed by atoms with Gasteiger partial charge in [-0.1, -0.05) is 0 Å². The Balaban J connectivity index is 2.29. The third-order valence-corrected chi connectivity index (χ3v) is 7.54. The maximum Gasteiger partial charge on any atom is 0.243 e. The van der Waals surface area contributed by atoms with Crippen molar-refractivity contribution in [2.45, 2.75) is 18.7 Å². The zero-order valence-electron chi connectivity index (χ0n) is 13.7. The molecule has 1 aromatic carbocycles. The normalized spacial score (nSPS) is 18.1. The minimum atomic E-state index is -3.65. The molecule has 0 radical (unpaired) electrons. The molecule has 0 bridgehead atoms. The van der Waals surface area contributed by atoms with Gasteiger partial charge in [-0.05, 0) is 37.1 Å². The number of benzene rings is 1. The quantitative estimate of drug-likeness (QED) is 0.782. The second-order valence-electron chi connectivity index (χ2n) is 5.58. The van der Waals surface area contributed by atoms with Gasteiger partial charge in [0.05, 0.1) is 18.3 Å². The Morgan fingerprint density at radius 3 is 1.91 bits per heavy atom. The highest BCUT2D eigenvalue weighted by molar-refractivity contribution is 7.89. The average molecular weight is 362 g/mol. The molecule has 2 rings (SSSR count). The van der Waals surface area contributed by atoms with E-state index in [-0.39, 0.29) is 31.1 Å². The summed E-state index contributed by atoms with van der Waals surface area (Å²) in [4.78, 5) is 0.239. The van der Waals surface area contributed by atoms with Crippen molar-refractivity contribution in [1.29, 1.82) is 0 Å². The number of rotatable bonds is 4. The van der Waals surface area contributed by atoms with Crippen molar-refractivity contribution in [3.63, 3.8) is 0 Å². The van der Waals surface area contributed by atoms with Crippen LogP contribution >= 0.6 is 0 Å². The molecule has 0 atom stereocenters. The van der Waals surface area contributed by atoms with Gasteiger partial charge in [0.15, 0.2) is 0 Å². The predicted molar refractivity (Wildman–Crippen MR) is 87.6 cm³/mol. The summed E-state index contributed by atoms with van der Waals surface area (Å²) in [6, 6.07) is 3.18. The molecule has 0 N–H and O–H groups in total. The molecule has 1 aliphatic rings. The Morgan fingerprint density at radius 2 is 1.43 bits per heavy atom. The summed E-state index contributed by atoms with van der Waals surface area (Å²) in [5.41, 5.74) is 1.43. The summed E-state index contributed by atoms with van der Waals surface area (Å²) >= 11 is 0. The standard InChI is InChI=1S/C14H22N2O5S2/c1-11-12(2)14(6-5-13(11)21-3)23(19,20)16-9-7-15(8-10-16)22(4,17)18/h5-6H,7-10H2,1-4H3. The van der Waals surface area contributed by atoms with Crippen LogP contribution in [0.4, 0.5) is 0 Å². The lowest BCUT2D eigenvalue weighted by Gasteiger charge is -2.32. The summed E-state index contributed by atoms with van der Waals surface area (Å²) < 4.78 is 56.6. The van der Waals surface area contributed by atoms with Crippen LogP contribution in [0.2, 0.25) is 0 Å². The summed E-state index contributed by atoms with van der Waals surface area (Å²) in [6.45, 7) is 4.21. The second kappa shape index (κ2) is 6.39. The fourth-order valence-electron chi connectivity index (χ4n) is 2.65. The van der Waals surface area contributed by atoms with Crippen LogP contribution in [0.3, 0.4) is 0 Å². The maximum atomic E-state index is 12.8. The topological polar surface area (TPSA) is 84.0 Å². The monoisotopic (exact) mass is 362 g/mol. The van der Waals surface area contributed by atoms with Crippen molar-refractivity contribution in [3.05, 3.63) is 23.3 Å².